The van der Waals surface area contributed by atoms with Crippen LogP contribution in [0.2, 0.25) is 0 Å². The number of aromatic hydroxyl groups is 1. The molecule has 5 nitrogen and oxygen atoms in total. The van der Waals surface area contributed by atoms with E-state index in [1.54, 1.807) is 25.3 Å². The van der Waals surface area contributed by atoms with Crippen LogP contribution in [0.5, 0.6) is 11.5 Å². The smallest absolute Gasteiger partial charge is 0.261 e. The van der Waals surface area contributed by atoms with Crippen molar-refractivity contribution in [3.05, 3.63) is 47.5 Å². The molecule has 0 amide bonds. The van der Waals surface area contributed by atoms with Crippen LogP contribution in [0, 0.1) is 24.7 Å². The highest BCUT2D eigenvalue weighted by molar-refractivity contribution is 7.92. The topological polar surface area (TPSA) is 75.6 Å². The van der Waals surface area contributed by atoms with Crippen LogP contribution in [0.3, 0.4) is 0 Å². The Morgan fingerprint density at radius 3 is 2.10 bits per heavy atom. The summed E-state index contributed by atoms with van der Waals surface area (Å²) in [6.07, 6.45) is 7.50. The number of hydrogen-bond acceptors (Lipinski definition) is 4. The molecule has 4 fully saturated rings. The highest BCUT2D eigenvalue weighted by Gasteiger charge is 2.52. The lowest BCUT2D eigenvalue weighted by Crippen LogP contribution is -2.48. The Labute approximate surface area is 178 Å². The van der Waals surface area contributed by atoms with Crippen molar-refractivity contribution < 1.29 is 18.3 Å². The molecule has 2 N–H and O–H groups in total. The van der Waals surface area contributed by atoms with Gasteiger partial charge in [-0.25, -0.2) is 8.42 Å². The van der Waals surface area contributed by atoms with Crippen molar-refractivity contribution in [1.82, 2.24) is 0 Å². The SMILES string of the molecule is COc1ccc(S(=O)(=O)Nc2cc(O)c(C34CC5CC(CC(C5)C3)C4)cc2C)cc1. The first-order valence-electron chi connectivity index (χ1n) is 10.8. The minimum atomic E-state index is -3.75. The van der Waals surface area contributed by atoms with E-state index in [1.807, 2.05) is 13.0 Å². The summed E-state index contributed by atoms with van der Waals surface area (Å²) in [5.74, 6) is 3.16. The van der Waals surface area contributed by atoms with Crippen molar-refractivity contribution in [2.75, 3.05) is 11.8 Å². The van der Waals surface area contributed by atoms with Crippen LogP contribution in [0.1, 0.15) is 49.7 Å². The number of phenols is 1. The van der Waals surface area contributed by atoms with Crippen molar-refractivity contribution in [2.24, 2.45) is 17.8 Å². The molecule has 4 bridgehead atoms. The van der Waals surface area contributed by atoms with E-state index < -0.39 is 10.0 Å². The van der Waals surface area contributed by atoms with Gasteiger partial charge >= 0.3 is 0 Å². The van der Waals surface area contributed by atoms with Crippen LogP contribution in [-0.4, -0.2) is 20.6 Å². The number of nitrogens with one attached hydrogen (secondary N) is 1. The average molecular weight is 428 g/mol. The molecule has 6 rings (SSSR count). The van der Waals surface area contributed by atoms with Gasteiger partial charge in [0, 0.05) is 11.6 Å². The zero-order valence-electron chi connectivity index (χ0n) is 17.5. The zero-order valence-corrected chi connectivity index (χ0v) is 18.3. The lowest BCUT2D eigenvalue weighted by molar-refractivity contribution is -0.00614. The van der Waals surface area contributed by atoms with Crippen LogP contribution in [0.4, 0.5) is 5.69 Å². The minimum absolute atomic E-state index is 0.0665. The normalized spacial score (nSPS) is 29.7. The second kappa shape index (κ2) is 6.91. The molecule has 0 aromatic heterocycles. The first-order valence-corrected chi connectivity index (χ1v) is 12.3. The van der Waals surface area contributed by atoms with Crippen molar-refractivity contribution in [3.63, 3.8) is 0 Å². The largest absolute Gasteiger partial charge is 0.508 e. The Morgan fingerprint density at radius 2 is 1.57 bits per heavy atom. The summed E-state index contributed by atoms with van der Waals surface area (Å²) in [7, 11) is -2.21. The molecule has 4 aliphatic rings. The third-order valence-corrected chi connectivity index (χ3v) is 8.95. The van der Waals surface area contributed by atoms with E-state index in [1.165, 1.54) is 31.4 Å². The summed E-state index contributed by atoms with van der Waals surface area (Å²) in [5.41, 5.74) is 2.36. The number of sulfonamides is 1. The Morgan fingerprint density at radius 1 is 1.00 bits per heavy atom. The standard InChI is InChI=1S/C24H29NO4S/c1-15-7-21(24-12-16-8-17(13-24)10-18(9-16)14-24)23(26)11-22(15)25-30(27,28)20-5-3-19(29-2)4-6-20/h3-7,11,16-18,25-26H,8-10,12-14H2,1-2H3. The van der Waals surface area contributed by atoms with Crippen LogP contribution in [-0.2, 0) is 15.4 Å². The predicted molar refractivity (Wildman–Crippen MR) is 116 cm³/mol. The molecule has 0 spiro atoms. The Bertz CT molecular complexity index is 1040. The summed E-state index contributed by atoms with van der Waals surface area (Å²) >= 11 is 0. The first kappa shape index (κ1) is 19.7. The highest BCUT2D eigenvalue weighted by atomic mass is 32.2. The second-order valence-electron chi connectivity index (χ2n) is 9.66. The third kappa shape index (κ3) is 3.25. The van der Waals surface area contributed by atoms with Crippen LogP contribution >= 0.6 is 0 Å². The lowest BCUT2D eigenvalue weighted by Gasteiger charge is -2.57. The highest BCUT2D eigenvalue weighted by Crippen LogP contribution is 2.62. The van der Waals surface area contributed by atoms with Gasteiger partial charge in [-0.1, -0.05) is 0 Å². The summed E-state index contributed by atoms with van der Waals surface area (Å²) in [4.78, 5) is 0.160. The summed E-state index contributed by atoms with van der Waals surface area (Å²) in [6, 6.07) is 9.89. The van der Waals surface area contributed by atoms with Crippen LogP contribution < -0.4 is 9.46 Å². The van der Waals surface area contributed by atoms with E-state index >= 15 is 0 Å². The number of rotatable bonds is 5. The number of phenolic OH excluding ortho intramolecular Hbond substituents is 1. The van der Waals surface area contributed by atoms with E-state index in [2.05, 4.69) is 4.72 Å². The van der Waals surface area contributed by atoms with Gasteiger partial charge in [-0.05, 0) is 105 Å². The van der Waals surface area contributed by atoms with E-state index in [-0.39, 0.29) is 16.1 Å². The number of methoxy groups -OCH3 is 1. The van der Waals surface area contributed by atoms with Gasteiger partial charge in [0.2, 0.25) is 0 Å². The fourth-order valence-corrected chi connectivity index (χ4v) is 7.75. The van der Waals surface area contributed by atoms with E-state index in [0.29, 0.717) is 11.4 Å². The van der Waals surface area contributed by atoms with E-state index in [4.69, 9.17) is 4.74 Å². The molecule has 4 saturated carbocycles. The molecule has 2 aromatic rings. The lowest BCUT2D eigenvalue weighted by atomic mass is 9.48. The Hall–Kier alpha value is -2.21. The molecule has 4 aliphatic carbocycles. The fourth-order valence-electron chi connectivity index (χ4n) is 6.63. The maximum absolute atomic E-state index is 12.8. The first-order chi connectivity index (χ1) is 14.3. The molecule has 0 saturated heterocycles. The number of ether oxygens (including phenoxy) is 1. The molecule has 0 atom stereocenters. The molecule has 6 heteroatoms. The molecule has 0 unspecified atom stereocenters. The number of aryl methyl sites for hydroxylation is 1. The molecule has 2 aromatic carbocycles. The maximum atomic E-state index is 12.8. The molecular formula is C24H29NO4S. The predicted octanol–water partition coefficient (Wildman–Crippen LogP) is 4.98. The fraction of sp³-hybridized carbons (Fsp3) is 0.500. The Kier molecular flexibility index (Phi) is 4.54. The second-order valence-corrected chi connectivity index (χ2v) is 11.3. The van der Waals surface area contributed by atoms with Gasteiger partial charge in [0.1, 0.15) is 11.5 Å². The number of benzene rings is 2. The van der Waals surface area contributed by atoms with Gasteiger partial charge in [-0.3, -0.25) is 4.72 Å². The summed E-state index contributed by atoms with van der Waals surface area (Å²) in [6.45, 7) is 1.91. The monoisotopic (exact) mass is 427 g/mol. The van der Waals surface area contributed by atoms with Gasteiger partial charge in [0.15, 0.2) is 0 Å². The van der Waals surface area contributed by atoms with Crippen molar-refractivity contribution in [3.8, 4) is 11.5 Å². The van der Waals surface area contributed by atoms with Crippen molar-refractivity contribution >= 4 is 15.7 Å². The van der Waals surface area contributed by atoms with E-state index in [9.17, 15) is 13.5 Å². The molecule has 30 heavy (non-hydrogen) atoms. The number of hydrogen-bond donors (Lipinski definition) is 2. The van der Waals surface area contributed by atoms with Gasteiger partial charge in [-0.15, -0.1) is 0 Å². The van der Waals surface area contributed by atoms with E-state index in [0.717, 1.165) is 48.1 Å². The zero-order chi connectivity index (χ0) is 21.1. The van der Waals surface area contributed by atoms with Gasteiger partial charge < -0.3 is 9.84 Å². The van der Waals surface area contributed by atoms with Gasteiger partial charge in [0.25, 0.3) is 10.0 Å². The third-order valence-electron chi connectivity index (χ3n) is 7.57. The summed E-state index contributed by atoms with van der Waals surface area (Å²) < 4.78 is 33.4. The van der Waals surface area contributed by atoms with Gasteiger partial charge in [0.05, 0.1) is 17.7 Å². The molecule has 0 radical (unpaired) electrons. The average Bonchev–Trinajstić information content (AvgIpc) is 2.69. The molecular weight excluding hydrogens is 398 g/mol. The van der Waals surface area contributed by atoms with Crippen molar-refractivity contribution in [1.29, 1.82) is 0 Å². The molecule has 0 aliphatic heterocycles. The molecule has 160 valence electrons. The Balaban J connectivity index is 1.45. The quantitative estimate of drug-likeness (QED) is 0.706. The van der Waals surface area contributed by atoms with Crippen LogP contribution in [0.25, 0.3) is 0 Å². The maximum Gasteiger partial charge on any atom is 0.261 e. The molecule has 0 heterocycles. The summed E-state index contributed by atoms with van der Waals surface area (Å²) in [5, 5.41) is 11.0. The number of anilines is 1. The van der Waals surface area contributed by atoms with Crippen molar-refractivity contribution in [2.45, 2.75) is 55.8 Å². The minimum Gasteiger partial charge on any atom is -0.508 e. The van der Waals surface area contributed by atoms with Gasteiger partial charge in [-0.2, -0.15) is 0 Å². The van der Waals surface area contributed by atoms with Crippen LogP contribution in [0.15, 0.2) is 41.3 Å².